The molecule has 1 aliphatic carbocycles. The average molecular weight is 308 g/mol. The molecule has 1 aromatic heterocycles. The third-order valence-electron chi connectivity index (χ3n) is 3.43. The molecule has 1 N–H and O–H groups in total. The van der Waals surface area contributed by atoms with Crippen molar-refractivity contribution in [2.24, 2.45) is 0 Å². The molecule has 0 saturated heterocycles. The number of rotatable bonds is 3. The second kappa shape index (κ2) is 6.86. The zero-order valence-electron chi connectivity index (χ0n) is 10.4. The third kappa shape index (κ3) is 3.79. The fourth-order valence-electron chi connectivity index (χ4n) is 2.43. The lowest BCUT2D eigenvalue weighted by Gasteiger charge is -2.19. The zero-order chi connectivity index (χ0) is 12.8. The molecule has 1 saturated carbocycles. The van der Waals surface area contributed by atoms with Crippen LogP contribution in [0.3, 0.4) is 0 Å². The number of aromatic nitrogens is 1. The van der Waals surface area contributed by atoms with E-state index in [0.29, 0.717) is 6.04 Å². The highest BCUT2D eigenvalue weighted by atomic mass is 79.9. The Hall–Kier alpha value is -0.920. The highest BCUT2D eigenvalue weighted by Crippen LogP contribution is 2.20. The van der Waals surface area contributed by atoms with Crippen molar-refractivity contribution in [2.75, 3.05) is 0 Å². The van der Waals surface area contributed by atoms with Crippen LogP contribution in [-0.4, -0.2) is 11.0 Å². The van der Waals surface area contributed by atoms with Gasteiger partial charge in [-0.15, -0.1) is 0 Å². The molecular formula is C14H18BrN3. The van der Waals surface area contributed by atoms with Crippen molar-refractivity contribution in [3.05, 3.63) is 28.5 Å². The van der Waals surface area contributed by atoms with E-state index in [4.69, 9.17) is 0 Å². The van der Waals surface area contributed by atoms with Gasteiger partial charge in [-0.25, -0.2) is 0 Å². The van der Waals surface area contributed by atoms with Gasteiger partial charge in [-0.2, -0.15) is 5.26 Å². The van der Waals surface area contributed by atoms with Crippen LogP contribution in [0.4, 0.5) is 0 Å². The molecule has 3 nitrogen and oxygen atoms in total. The van der Waals surface area contributed by atoms with E-state index in [0.717, 1.165) is 10.2 Å². The van der Waals surface area contributed by atoms with Crippen molar-refractivity contribution in [3.8, 4) is 6.07 Å². The summed E-state index contributed by atoms with van der Waals surface area (Å²) in [5, 5.41) is 12.7. The van der Waals surface area contributed by atoms with Crippen molar-refractivity contribution < 1.29 is 0 Å². The SMILES string of the molecule is N#CC(NC1CCCCCC1)c1ccc(Br)cn1. The van der Waals surface area contributed by atoms with Gasteiger partial charge in [0, 0.05) is 16.7 Å². The van der Waals surface area contributed by atoms with E-state index in [1.54, 1.807) is 6.20 Å². The lowest BCUT2D eigenvalue weighted by Crippen LogP contribution is -2.32. The Labute approximate surface area is 117 Å². The minimum absolute atomic E-state index is 0.291. The molecule has 1 unspecified atom stereocenters. The molecule has 1 atom stereocenters. The van der Waals surface area contributed by atoms with E-state index in [1.807, 2.05) is 12.1 Å². The Morgan fingerprint density at radius 3 is 2.56 bits per heavy atom. The van der Waals surface area contributed by atoms with Gasteiger partial charge in [-0.1, -0.05) is 25.7 Å². The van der Waals surface area contributed by atoms with E-state index in [9.17, 15) is 5.26 Å². The van der Waals surface area contributed by atoms with Crippen molar-refractivity contribution in [1.82, 2.24) is 10.3 Å². The van der Waals surface area contributed by atoms with Crippen LogP contribution < -0.4 is 5.32 Å². The first-order valence-electron chi connectivity index (χ1n) is 6.56. The molecule has 1 fully saturated rings. The molecule has 18 heavy (non-hydrogen) atoms. The van der Waals surface area contributed by atoms with Gasteiger partial charge in [-0.05, 0) is 40.9 Å². The molecule has 0 aromatic carbocycles. The molecule has 0 aliphatic heterocycles. The molecule has 2 rings (SSSR count). The summed E-state index contributed by atoms with van der Waals surface area (Å²) in [7, 11) is 0. The van der Waals surface area contributed by atoms with Crippen molar-refractivity contribution >= 4 is 15.9 Å². The van der Waals surface area contributed by atoms with E-state index < -0.39 is 0 Å². The number of hydrogen-bond donors (Lipinski definition) is 1. The van der Waals surface area contributed by atoms with Gasteiger partial charge in [0.15, 0.2) is 0 Å². The first kappa shape index (κ1) is 13.5. The van der Waals surface area contributed by atoms with E-state index in [2.05, 4.69) is 32.3 Å². The summed E-state index contributed by atoms with van der Waals surface area (Å²) in [5.41, 5.74) is 0.810. The molecule has 0 spiro atoms. The van der Waals surface area contributed by atoms with Crippen LogP contribution >= 0.6 is 15.9 Å². The normalized spacial score (nSPS) is 18.9. The molecule has 1 aromatic rings. The summed E-state index contributed by atoms with van der Waals surface area (Å²) in [6.07, 6.45) is 9.28. The number of nitriles is 1. The molecule has 0 amide bonds. The predicted molar refractivity (Wildman–Crippen MR) is 74.9 cm³/mol. The number of pyridine rings is 1. The second-order valence-electron chi connectivity index (χ2n) is 4.82. The van der Waals surface area contributed by atoms with Crippen molar-refractivity contribution in [2.45, 2.75) is 50.6 Å². The quantitative estimate of drug-likeness (QED) is 0.866. The van der Waals surface area contributed by atoms with Gasteiger partial charge in [-0.3, -0.25) is 10.3 Å². The van der Waals surface area contributed by atoms with Gasteiger partial charge in [0.1, 0.15) is 6.04 Å². The topological polar surface area (TPSA) is 48.7 Å². The zero-order valence-corrected chi connectivity index (χ0v) is 12.0. The molecule has 1 aliphatic rings. The molecule has 4 heteroatoms. The fourth-order valence-corrected chi connectivity index (χ4v) is 2.66. The highest BCUT2D eigenvalue weighted by molar-refractivity contribution is 9.10. The van der Waals surface area contributed by atoms with E-state index in [1.165, 1.54) is 38.5 Å². The van der Waals surface area contributed by atoms with E-state index in [-0.39, 0.29) is 6.04 Å². The maximum Gasteiger partial charge on any atom is 0.138 e. The lowest BCUT2D eigenvalue weighted by atomic mass is 10.1. The molecule has 0 radical (unpaired) electrons. The Balaban J connectivity index is 2.00. The van der Waals surface area contributed by atoms with Crippen LogP contribution in [0.1, 0.15) is 50.3 Å². The number of nitrogens with zero attached hydrogens (tertiary/aromatic N) is 2. The Morgan fingerprint density at radius 2 is 2.00 bits per heavy atom. The smallest absolute Gasteiger partial charge is 0.138 e. The maximum atomic E-state index is 9.29. The number of halogens is 1. The minimum Gasteiger partial charge on any atom is -0.294 e. The number of nitrogens with one attached hydrogen (secondary N) is 1. The Bertz CT molecular complexity index is 402. The van der Waals surface area contributed by atoms with Gasteiger partial charge < -0.3 is 0 Å². The second-order valence-corrected chi connectivity index (χ2v) is 5.73. The summed E-state index contributed by atoms with van der Waals surface area (Å²) in [6.45, 7) is 0. The number of hydrogen-bond acceptors (Lipinski definition) is 3. The molecule has 1 heterocycles. The van der Waals surface area contributed by atoms with Crippen LogP contribution in [0.15, 0.2) is 22.8 Å². The van der Waals surface area contributed by atoms with E-state index >= 15 is 0 Å². The Kier molecular flexibility index (Phi) is 5.15. The monoisotopic (exact) mass is 307 g/mol. The average Bonchev–Trinajstić information content (AvgIpc) is 2.66. The van der Waals surface area contributed by atoms with Crippen LogP contribution in [0.2, 0.25) is 0 Å². The lowest BCUT2D eigenvalue weighted by molar-refractivity contribution is 0.433. The summed E-state index contributed by atoms with van der Waals surface area (Å²) in [4.78, 5) is 4.31. The molecular weight excluding hydrogens is 290 g/mol. The minimum atomic E-state index is -0.291. The Morgan fingerprint density at radius 1 is 1.28 bits per heavy atom. The summed E-state index contributed by atoms with van der Waals surface area (Å²) >= 11 is 3.36. The summed E-state index contributed by atoms with van der Waals surface area (Å²) in [5.74, 6) is 0. The fraction of sp³-hybridized carbons (Fsp3) is 0.571. The van der Waals surface area contributed by atoms with Crippen LogP contribution in [0.5, 0.6) is 0 Å². The third-order valence-corrected chi connectivity index (χ3v) is 3.90. The van der Waals surface area contributed by atoms with Gasteiger partial charge in [0.25, 0.3) is 0 Å². The van der Waals surface area contributed by atoms with Crippen LogP contribution in [-0.2, 0) is 0 Å². The van der Waals surface area contributed by atoms with Crippen molar-refractivity contribution in [3.63, 3.8) is 0 Å². The van der Waals surface area contributed by atoms with Crippen LogP contribution in [0, 0.1) is 11.3 Å². The van der Waals surface area contributed by atoms with Gasteiger partial charge in [0.05, 0.1) is 11.8 Å². The molecule has 96 valence electrons. The largest absolute Gasteiger partial charge is 0.294 e. The van der Waals surface area contributed by atoms with Crippen LogP contribution in [0.25, 0.3) is 0 Å². The van der Waals surface area contributed by atoms with Gasteiger partial charge >= 0.3 is 0 Å². The first-order chi connectivity index (χ1) is 8.79. The predicted octanol–water partition coefficient (Wildman–Crippen LogP) is 3.72. The van der Waals surface area contributed by atoms with Gasteiger partial charge in [0.2, 0.25) is 0 Å². The molecule has 0 bridgehead atoms. The summed E-state index contributed by atoms with van der Waals surface area (Å²) in [6, 6.07) is 6.32. The van der Waals surface area contributed by atoms with Crippen molar-refractivity contribution in [1.29, 1.82) is 5.26 Å². The standard InChI is InChI=1S/C14H18BrN3/c15-11-7-8-13(17-10-11)14(9-16)18-12-5-3-1-2-4-6-12/h7-8,10,12,14,18H,1-6H2. The first-order valence-corrected chi connectivity index (χ1v) is 7.36. The maximum absolute atomic E-state index is 9.29. The highest BCUT2D eigenvalue weighted by Gasteiger charge is 2.18. The summed E-state index contributed by atoms with van der Waals surface area (Å²) < 4.78 is 0.942.